The molecule has 2 rings (SSSR count). The third kappa shape index (κ3) is 3.05. The average Bonchev–Trinajstić information content (AvgIpc) is 2.52. The molecule has 0 fully saturated rings. The summed E-state index contributed by atoms with van der Waals surface area (Å²) >= 11 is 0. The first-order valence-corrected chi connectivity index (χ1v) is 5.83. The quantitative estimate of drug-likeness (QED) is 0.274. The lowest BCUT2D eigenvalue weighted by Crippen LogP contribution is -2.07. The van der Waals surface area contributed by atoms with E-state index in [0.717, 1.165) is 12.3 Å². The minimum Gasteiger partial charge on any atom is -0.391 e. The Kier molecular flexibility index (Phi) is 4.69. The van der Waals surface area contributed by atoms with Crippen LogP contribution in [0.3, 0.4) is 0 Å². The summed E-state index contributed by atoms with van der Waals surface area (Å²) in [5.74, 6) is -11.0. The molecule has 0 amide bonds. The highest BCUT2D eigenvalue weighted by Gasteiger charge is 2.25. The smallest absolute Gasteiger partial charge is 0.200 e. The van der Waals surface area contributed by atoms with E-state index >= 15 is 0 Å². The van der Waals surface area contributed by atoms with E-state index in [0.29, 0.717) is 0 Å². The molecule has 0 heterocycles. The zero-order valence-electron chi connectivity index (χ0n) is 10.7. The van der Waals surface area contributed by atoms with Crippen molar-refractivity contribution in [2.24, 2.45) is 5.16 Å². The molecule has 116 valence electrons. The predicted molar refractivity (Wildman–Crippen MR) is 65.0 cm³/mol. The van der Waals surface area contributed by atoms with Gasteiger partial charge < -0.3 is 4.84 Å². The maximum Gasteiger partial charge on any atom is 0.200 e. The van der Waals surface area contributed by atoms with Gasteiger partial charge in [-0.3, -0.25) is 0 Å². The SMILES string of the molecule is Fc1ccccc1C=NOCc1c(F)c(F)c(F)c(F)c1F. The van der Waals surface area contributed by atoms with Gasteiger partial charge in [-0.25, -0.2) is 26.3 Å². The van der Waals surface area contributed by atoms with Crippen LogP contribution in [0.15, 0.2) is 29.4 Å². The topological polar surface area (TPSA) is 21.6 Å². The van der Waals surface area contributed by atoms with Crippen LogP contribution >= 0.6 is 0 Å². The zero-order valence-corrected chi connectivity index (χ0v) is 10.7. The Morgan fingerprint density at radius 2 is 1.36 bits per heavy atom. The van der Waals surface area contributed by atoms with Gasteiger partial charge >= 0.3 is 0 Å². The van der Waals surface area contributed by atoms with Gasteiger partial charge in [0.1, 0.15) is 12.4 Å². The van der Waals surface area contributed by atoms with Crippen molar-refractivity contribution in [1.82, 2.24) is 0 Å². The molecule has 22 heavy (non-hydrogen) atoms. The third-order valence-electron chi connectivity index (χ3n) is 2.68. The fraction of sp³-hybridized carbons (Fsp3) is 0.0714. The zero-order chi connectivity index (χ0) is 16.3. The fourth-order valence-corrected chi connectivity index (χ4v) is 1.55. The molecule has 0 atom stereocenters. The number of hydrogen-bond acceptors (Lipinski definition) is 2. The van der Waals surface area contributed by atoms with Crippen LogP contribution in [0.2, 0.25) is 0 Å². The molecule has 0 aliphatic carbocycles. The molecule has 2 nitrogen and oxygen atoms in total. The molecule has 2 aromatic carbocycles. The first-order chi connectivity index (χ1) is 10.4. The van der Waals surface area contributed by atoms with Crippen LogP contribution in [-0.4, -0.2) is 6.21 Å². The highest BCUT2D eigenvalue weighted by molar-refractivity contribution is 5.79. The van der Waals surface area contributed by atoms with E-state index in [4.69, 9.17) is 0 Å². The molecule has 2 aromatic rings. The monoisotopic (exact) mass is 319 g/mol. The van der Waals surface area contributed by atoms with Crippen LogP contribution in [0.25, 0.3) is 0 Å². The summed E-state index contributed by atoms with van der Waals surface area (Å²) in [6, 6.07) is 5.43. The van der Waals surface area contributed by atoms with E-state index in [1.807, 2.05) is 0 Å². The molecule has 0 bridgehead atoms. The number of hydrogen-bond donors (Lipinski definition) is 0. The van der Waals surface area contributed by atoms with Gasteiger partial charge in [0.05, 0.1) is 11.8 Å². The second-order valence-corrected chi connectivity index (χ2v) is 4.08. The van der Waals surface area contributed by atoms with Gasteiger partial charge in [-0.05, 0) is 6.07 Å². The van der Waals surface area contributed by atoms with Crippen molar-refractivity contribution in [2.75, 3.05) is 0 Å². The van der Waals surface area contributed by atoms with Crippen molar-refractivity contribution < 1.29 is 31.2 Å². The number of halogens is 6. The second-order valence-electron chi connectivity index (χ2n) is 4.08. The Morgan fingerprint density at radius 3 is 1.95 bits per heavy atom. The van der Waals surface area contributed by atoms with Gasteiger partial charge in [0.2, 0.25) is 5.82 Å². The van der Waals surface area contributed by atoms with Crippen LogP contribution < -0.4 is 0 Å². The van der Waals surface area contributed by atoms with Crippen molar-refractivity contribution in [3.63, 3.8) is 0 Å². The number of rotatable bonds is 4. The van der Waals surface area contributed by atoms with Gasteiger partial charge in [0.15, 0.2) is 23.3 Å². The molecular weight excluding hydrogens is 312 g/mol. The standard InChI is InChI=1S/C14H7F6NO/c15-9-4-2-1-3-7(9)5-21-22-6-8-10(16)12(18)14(20)13(19)11(8)17/h1-5H,6H2. The third-order valence-corrected chi connectivity index (χ3v) is 2.68. The van der Waals surface area contributed by atoms with Gasteiger partial charge in [-0.15, -0.1) is 0 Å². The highest BCUT2D eigenvalue weighted by atomic mass is 19.2. The minimum absolute atomic E-state index is 0.0277. The molecular formula is C14H7F6NO. The Labute approximate surface area is 120 Å². The minimum atomic E-state index is -2.26. The van der Waals surface area contributed by atoms with Crippen LogP contribution in [0.4, 0.5) is 26.3 Å². The van der Waals surface area contributed by atoms with Gasteiger partial charge in [-0.1, -0.05) is 23.4 Å². The Hall–Kier alpha value is -2.51. The molecule has 0 saturated heterocycles. The first kappa shape index (κ1) is 15.9. The van der Waals surface area contributed by atoms with Gasteiger partial charge in [-0.2, -0.15) is 0 Å². The maximum absolute atomic E-state index is 13.3. The first-order valence-electron chi connectivity index (χ1n) is 5.83. The summed E-state index contributed by atoms with van der Waals surface area (Å²) in [5, 5.41) is 3.22. The summed E-state index contributed by atoms with van der Waals surface area (Å²) in [6.45, 7) is -1.00. The predicted octanol–water partition coefficient (Wildman–Crippen LogP) is 4.07. The summed E-state index contributed by atoms with van der Waals surface area (Å²) in [6.07, 6.45) is 0.904. The van der Waals surface area contributed by atoms with Crippen molar-refractivity contribution in [3.05, 3.63) is 70.3 Å². The number of oxime groups is 1. The molecule has 0 saturated carbocycles. The average molecular weight is 319 g/mol. The van der Waals surface area contributed by atoms with Crippen LogP contribution in [0, 0.1) is 34.9 Å². The molecule has 0 N–H and O–H groups in total. The molecule has 8 heteroatoms. The maximum atomic E-state index is 13.3. The summed E-state index contributed by atoms with van der Waals surface area (Å²) in [7, 11) is 0. The van der Waals surface area contributed by atoms with Crippen molar-refractivity contribution in [1.29, 1.82) is 0 Å². The summed E-state index contributed by atoms with van der Waals surface area (Å²) < 4.78 is 78.5. The lowest BCUT2D eigenvalue weighted by Gasteiger charge is -2.06. The highest BCUT2D eigenvalue weighted by Crippen LogP contribution is 2.23. The molecule has 0 aliphatic rings. The Balaban J connectivity index is 2.15. The van der Waals surface area contributed by atoms with E-state index < -0.39 is 47.1 Å². The fourth-order valence-electron chi connectivity index (χ4n) is 1.55. The van der Waals surface area contributed by atoms with Crippen LogP contribution in [0.5, 0.6) is 0 Å². The Morgan fingerprint density at radius 1 is 0.818 bits per heavy atom. The Bertz CT molecular complexity index is 703. The van der Waals surface area contributed by atoms with E-state index in [1.165, 1.54) is 18.2 Å². The van der Waals surface area contributed by atoms with Crippen LogP contribution in [0.1, 0.15) is 11.1 Å². The second kappa shape index (κ2) is 6.50. The van der Waals surface area contributed by atoms with Crippen molar-refractivity contribution in [3.8, 4) is 0 Å². The number of benzene rings is 2. The van der Waals surface area contributed by atoms with E-state index in [2.05, 4.69) is 9.99 Å². The van der Waals surface area contributed by atoms with Crippen molar-refractivity contribution >= 4 is 6.21 Å². The lowest BCUT2D eigenvalue weighted by molar-refractivity contribution is 0.124. The normalized spacial score (nSPS) is 11.2. The molecule has 0 aromatic heterocycles. The van der Waals surface area contributed by atoms with Crippen LogP contribution in [-0.2, 0) is 11.4 Å². The van der Waals surface area contributed by atoms with E-state index in [1.54, 1.807) is 0 Å². The summed E-state index contributed by atoms with van der Waals surface area (Å²) in [4.78, 5) is 4.46. The van der Waals surface area contributed by atoms with Gasteiger partial charge in [0.25, 0.3) is 0 Å². The number of nitrogens with zero attached hydrogens (tertiary/aromatic N) is 1. The van der Waals surface area contributed by atoms with Crippen molar-refractivity contribution in [2.45, 2.75) is 6.61 Å². The molecule has 0 radical (unpaired) electrons. The largest absolute Gasteiger partial charge is 0.391 e. The molecule has 0 spiro atoms. The molecule has 0 aliphatic heterocycles. The molecule has 0 unspecified atom stereocenters. The van der Waals surface area contributed by atoms with E-state index in [9.17, 15) is 26.3 Å². The summed E-state index contributed by atoms with van der Waals surface area (Å²) in [5.41, 5.74) is -1.14. The lowest BCUT2D eigenvalue weighted by atomic mass is 10.2. The van der Waals surface area contributed by atoms with E-state index in [-0.39, 0.29) is 5.56 Å². The van der Waals surface area contributed by atoms with Gasteiger partial charge in [0, 0.05) is 5.56 Å².